The number of hydrogen-bond acceptors (Lipinski definition) is 17. The number of aryl methyl sites for hydroxylation is 3. The molecule has 0 amide bonds. The molecule has 0 atom stereocenters. The van der Waals surface area contributed by atoms with Gasteiger partial charge in [0.2, 0.25) is 17.8 Å². The fraction of sp³-hybridized carbons (Fsp3) is 0.464. The number of halogens is 2. The van der Waals surface area contributed by atoms with Crippen LogP contribution in [0, 0.1) is 24.3 Å². The Labute approximate surface area is 497 Å². The highest BCUT2D eigenvalue weighted by Gasteiger charge is 2.22. The number of aromatic nitrogens is 6. The number of anilines is 6. The lowest BCUT2D eigenvalue weighted by Crippen LogP contribution is -2.13. The molecule has 0 aliphatic heterocycles. The third kappa shape index (κ3) is 23.4. The molecule has 6 aromatic rings. The van der Waals surface area contributed by atoms with Gasteiger partial charge in [-0.2, -0.15) is 15.0 Å². The van der Waals surface area contributed by atoms with Gasteiger partial charge in [0.05, 0.1) is 26.6 Å². The van der Waals surface area contributed by atoms with E-state index in [0.29, 0.717) is 48.0 Å². The van der Waals surface area contributed by atoms with E-state index < -0.39 is 21.4 Å². The molecule has 0 aliphatic carbocycles. The van der Waals surface area contributed by atoms with Crippen LogP contribution >= 0.6 is 52.6 Å². The number of nitrogen functional groups attached to an aromatic ring is 3. The number of rotatable bonds is 23. The van der Waals surface area contributed by atoms with Crippen LogP contribution in [0.15, 0.2) is 54.6 Å². The SMILES string of the molecule is CCCCNc1nc(N)nc(C)c1Cc1cc(I)ccc1OC.CCCCNc1nc(N)nc(C)c1Cc1cc(P(=O)(O)O)ccc1OC.CCCCNc1nc(N)nc(C)c1Cc1cc(P(C)(C)=O)ccc1OC.C[Si](C)(C)Br. The minimum absolute atomic E-state index is 0.0530. The van der Waals surface area contributed by atoms with Crippen LogP contribution in [0.4, 0.5) is 35.3 Å². The van der Waals surface area contributed by atoms with E-state index in [4.69, 9.17) is 31.4 Å². The van der Waals surface area contributed by atoms with E-state index in [2.05, 4.69) is 130 Å². The Kier molecular flexibility index (Phi) is 28.6. The van der Waals surface area contributed by atoms with Crippen molar-refractivity contribution in [2.75, 3.05) is 87.4 Å². The molecule has 11 N–H and O–H groups in total. The summed E-state index contributed by atoms with van der Waals surface area (Å²) in [7, 11) is -1.86. The van der Waals surface area contributed by atoms with Gasteiger partial charge in [-0.1, -0.05) is 59.7 Å². The van der Waals surface area contributed by atoms with Crippen molar-refractivity contribution in [3.8, 4) is 17.2 Å². The number of unbranched alkanes of at least 4 members (excludes halogenated alkanes) is 3. The average molecular weight is 1340 g/mol. The highest BCUT2D eigenvalue weighted by Crippen LogP contribution is 2.38. The second kappa shape index (κ2) is 33.1. The van der Waals surface area contributed by atoms with Gasteiger partial charge in [0.15, 0.2) is 0 Å². The van der Waals surface area contributed by atoms with Crippen LogP contribution in [0.3, 0.4) is 0 Å². The van der Waals surface area contributed by atoms with E-state index in [1.807, 2.05) is 51.1 Å². The molecule has 6 rings (SSSR count). The molecular formula is C56H86BrIN12O7P2Si. The molecule has 0 bridgehead atoms. The van der Waals surface area contributed by atoms with Gasteiger partial charge in [0.1, 0.15) is 48.5 Å². The highest BCUT2D eigenvalue weighted by molar-refractivity contribution is 14.1. The number of methoxy groups -OCH3 is 3. The zero-order valence-electron chi connectivity index (χ0n) is 49.2. The molecule has 0 aliphatic rings. The first-order valence-corrected chi connectivity index (χ1v) is 37.7. The summed E-state index contributed by atoms with van der Waals surface area (Å²) >= 11 is 5.82. The summed E-state index contributed by atoms with van der Waals surface area (Å²) in [5.41, 5.74) is 25.5. The Bertz CT molecular complexity index is 2910. The third-order valence-electron chi connectivity index (χ3n) is 12.0. The Morgan fingerprint density at radius 2 is 0.850 bits per heavy atom. The van der Waals surface area contributed by atoms with Gasteiger partial charge in [-0.05, 0) is 147 Å². The van der Waals surface area contributed by atoms with Crippen LogP contribution in [0.2, 0.25) is 19.6 Å². The first-order chi connectivity index (χ1) is 37.6. The molecule has 440 valence electrons. The van der Waals surface area contributed by atoms with Crippen molar-refractivity contribution < 1.29 is 33.1 Å². The summed E-state index contributed by atoms with van der Waals surface area (Å²) in [4.78, 5) is 44.8. The summed E-state index contributed by atoms with van der Waals surface area (Å²) in [6, 6.07) is 16.3. The van der Waals surface area contributed by atoms with Gasteiger partial charge in [-0.3, -0.25) is 4.57 Å². The van der Waals surface area contributed by atoms with Crippen molar-refractivity contribution in [2.45, 2.75) is 119 Å². The molecule has 24 heteroatoms. The maximum absolute atomic E-state index is 12.5. The van der Waals surface area contributed by atoms with E-state index in [1.54, 1.807) is 33.6 Å². The molecule has 3 aromatic carbocycles. The lowest BCUT2D eigenvalue weighted by Gasteiger charge is -2.17. The molecule has 3 heterocycles. The smallest absolute Gasteiger partial charge is 0.356 e. The standard InChI is InChI=1S/C19H29N4O2P.C17H23IN4O.C17H25N4O4P.C3H9BrSi/c1-6-7-10-21-18-16(13(2)22-19(20)23-18)12-14-11-15(26(4,5)24)8-9-17(14)25-3;1-4-5-8-20-16-14(11(2)21-17(19)22-16)10-12-9-13(18)6-7-15(12)23-3;1-4-5-8-19-16-14(11(2)20-17(18)21-16)10-12-9-13(26(22,23)24)6-7-15(12)25-3;1-5(2,3)4/h8-9,11H,6-7,10,12H2,1-5H3,(H3,20,21,22,23);6-7,9H,4-5,8,10H2,1-3H3,(H3,19,20,21,22);6-7,9H,4-5,8,10H2,1-3H3,(H2,22,23,24)(H3,18,19,20,21);1-3H3. The van der Waals surface area contributed by atoms with Crippen molar-refractivity contribution in [3.63, 3.8) is 0 Å². The number of hydrogen-bond donors (Lipinski definition) is 8. The number of nitrogens with one attached hydrogen (secondary N) is 3. The maximum Gasteiger partial charge on any atom is 0.356 e. The van der Waals surface area contributed by atoms with Crippen molar-refractivity contribution in [1.82, 2.24) is 29.9 Å². The minimum Gasteiger partial charge on any atom is -0.496 e. The van der Waals surface area contributed by atoms with Gasteiger partial charge in [0.25, 0.3) is 0 Å². The monoisotopic (exact) mass is 1330 g/mol. The van der Waals surface area contributed by atoms with Crippen LogP contribution in [-0.2, 0) is 28.4 Å². The van der Waals surface area contributed by atoms with E-state index in [9.17, 15) is 18.9 Å². The van der Waals surface area contributed by atoms with Crippen LogP contribution in [-0.4, -0.2) is 101 Å². The van der Waals surface area contributed by atoms with Crippen LogP contribution in [0.5, 0.6) is 17.2 Å². The number of benzene rings is 3. The molecule has 0 radical (unpaired) electrons. The van der Waals surface area contributed by atoms with Gasteiger partial charge in [-0.15, -0.1) is 15.3 Å². The van der Waals surface area contributed by atoms with E-state index in [-0.39, 0.29) is 17.2 Å². The predicted molar refractivity (Wildman–Crippen MR) is 347 cm³/mol. The molecule has 0 saturated carbocycles. The van der Waals surface area contributed by atoms with Crippen molar-refractivity contribution >= 4 is 105 Å². The normalized spacial score (nSPS) is 11.2. The molecule has 19 nitrogen and oxygen atoms in total. The lowest BCUT2D eigenvalue weighted by molar-refractivity contribution is 0.387. The van der Waals surface area contributed by atoms with Crippen molar-refractivity contribution in [2.24, 2.45) is 0 Å². The quantitative estimate of drug-likeness (QED) is 0.00972. The van der Waals surface area contributed by atoms with Gasteiger partial charge >= 0.3 is 7.60 Å². The lowest BCUT2D eigenvalue weighted by atomic mass is 10.0. The number of nitrogens with two attached hydrogens (primary N) is 3. The fourth-order valence-electron chi connectivity index (χ4n) is 7.86. The molecule has 0 saturated heterocycles. The molecule has 0 spiro atoms. The Hall–Kier alpha value is -5.09. The molecule has 3 aromatic heterocycles. The summed E-state index contributed by atoms with van der Waals surface area (Å²) in [6.07, 6.45) is 8.05. The van der Waals surface area contributed by atoms with Crippen molar-refractivity contribution in [3.05, 3.63) is 109 Å². The minimum atomic E-state index is -4.36. The van der Waals surface area contributed by atoms with Crippen LogP contribution < -0.4 is 58.0 Å². The number of ether oxygens (including phenoxy) is 3. The van der Waals surface area contributed by atoms with E-state index in [0.717, 1.165) is 126 Å². The largest absolute Gasteiger partial charge is 0.496 e. The second-order valence-corrected chi connectivity index (χ2v) is 37.6. The topological polar surface area (TPSA) is 294 Å². The summed E-state index contributed by atoms with van der Waals surface area (Å²) < 4.78 is 41.6. The summed E-state index contributed by atoms with van der Waals surface area (Å²) in [5, 5.41) is 10.8. The van der Waals surface area contributed by atoms with Gasteiger partial charge in [0, 0.05) is 81.5 Å². The number of nitrogens with zero attached hydrogens (tertiary/aromatic N) is 6. The van der Waals surface area contributed by atoms with Crippen LogP contribution in [0.25, 0.3) is 0 Å². The third-order valence-corrected chi connectivity index (χ3v) is 15.1. The van der Waals surface area contributed by atoms with Crippen molar-refractivity contribution in [1.29, 1.82) is 0 Å². The predicted octanol–water partition coefficient (Wildman–Crippen LogP) is 11.4. The average Bonchev–Trinajstić information content (AvgIpc) is 3.36. The summed E-state index contributed by atoms with van der Waals surface area (Å²) in [6.45, 7) is 24.1. The Morgan fingerprint density at radius 1 is 0.550 bits per heavy atom. The van der Waals surface area contributed by atoms with Crippen LogP contribution in [0.1, 0.15) is 110 Å². The highest BCUT2D eigenvalue weighted by atomic mass is 127. The molecule has 0 unspecified atom stereocenters. The molecule has 80 heavy (non-hydrogen) atoms. The zero-order valence-corrected chi connectivity index (χ0v) is 55.7. The maximum atomic E-state index is 12.5. The Morgan fingerprint density at radius 3 is 1.15 bits per heavy atom. The van der Waals surface area contributed by atoms with E-state index in [1.165, 1.54) is 22.8 Å². The zero-order chi connectivity index (χ0) is 60.0. The molecular weight excluding hydrogens is 1250 g/mol. The molecule has 0 fully saturated rings. The van der Waals surface area contributed by atoms with Gasteiger partial charge in [-0.25, -0.2) is 15.0 Å². The second-order valence-electron chi connectivity index (χ2n) is 20.3. The van der Waals surface area contributed by atoms with E-state index >= 15 is 0 Å². The summed E-state index contributed by atoms with van der Waals surface area (Å²) in [5.74, 6) is 5.14. The Balaban J connectivity index is 0.000000302. The fourth-order valence-corrected chi connectivity index (χ4v) is 9.91. The van der Waals surface area contributed by atoms with Gasteiger partial charge < -0.3 is 61.7 Å². The first kappa shape index (κ1) is 69.2. The first-order valence-electron chi connectivity index (χ1n) is 26.6.